The molecule has 0 aliphatic carbocycles. The van der Waals surface area contributed by atoms with Crippen molar-refractivity contribution in [1.29, 1.82) is 0 Å². The quantitative estimate of drug-likeness (QED) is 0.498. The van der Waals surface area contributed by atoms with Crippen LogP contribution in [0.15, 0.2) is 0 Å². The maximum absolute atomic E-state index is 11.9. The van der Waals surface area contributed by atoms with Crippen LogP contribution in [0.4, 0.5) is 0 Å². The molecule has 96 valence electrons. The van der Waals surface area contributed by atoms with Crippen LogP contribution in [-0.4, -0.2) is 25.8 Å². The van der Waals surface area contributed by atoms with Gasteiger partial charge >= 0.3 is 5.97 Å². The third-order valence-electron chi connectivity index (χ3n) is 2.53. The van der Waals surface area contributed by atoms with E-state index in [0.717, 1.165) is 12.8 Å². The molecule has 0 aromatic heterocycles. The van der Waals surface area contributed by atoms with Gasteiger partial charge in [-0.1, -0.05) is 27.7 Å². The summed E-state index contributed by atoms with van der Waals surface area (Å²) in [4.78, 5) is 11.9. The number of ether oxygens (including phenoxy) is 2. The molecule has 0 aliphatic rings. The second-order valence-electron chi connectivity index (χ2n) is 5.07. The van der Waals surface area contributed by atoms with Gasteiger partial charge in [0.15, 0.2) is 0 Å². The largest absolute Gasteiger partial charge is 0.465 e. The molecule has 0 aliphatic heterocycles. The monoisotopic (exact) mass is 230 g/mol. The Balaban J connectivity index is 4.25. The highest BCUT2D eigenvalue weighted by atomic mass is 16.5. The molecule has 0 aromatic rings. The van der Waals surface area contributed by atoms with Crippen LogP contribution in [0, 0.1) is 11.3 Å². The zero-order valence-electron chi connectivity index (χ0n) is 11.3. The molecule has 0 fully saturated rings. The Labute approximate surface area is 99.5 Å². The summed E-state index contributed by atoms with van der Waals surface area (Å²) in [5.41, 5.74) is -0.0675. The van der Waals surface area contributed by atoms with Gasteiger partial charge in [0.05, 0.1) is 12.5 Å². The summed E-state index contributed by atoms with van der Waals surface area (Å²) in [6.07, 6.45) is 1.61. The molecular weight excluding hydrogens is 204 g/mol. The summed E-state index contributed by atoms with van der Waals surface area (Å²) >= 11 is 0. The van der Waals surface area contributed by atoms with E-state index >= 15 is 0 Å². The Morgan fingerprint density at radius 1 is 1.19 bits per heavy atom. The van der Waals surface area contributed by atoms with Gasteiger partial charge in [-0.2, -0.15) is 0 Å². The van der Waals surface area contributed by atoms with Crippen LogP contribution in [0.25, 0.3) is 0 Å². The van der Waals surface area contributed by atoms with E-state index in [9.17, 15) is 4.79 Å². The third-order valence-corrected chi connectivity index (χ3v) is 2.53. The molecule has 0 rings (SSSR count). The van der Waals surface area contributed by atoms with Gasteiger partial charge in [-0.15, -0.1) is 0 Å². The van der Waals surface area contributed by atoms with Crippen molar-refractivity contribution in [3.8, 4) is 0 Å². The van der Waals surface area contributed by atoms with Gasteiger partial charge in [0.25, 0.3) is 0 Å². The molecule has 3 heteroatoms. The van der Waals surface area contributed by atoms with E-state index in [4.69, 9.17) is 9.47 Å². The van der Waals surface area contributed by atoms with Crippen LogP contribution in [-0.2, 0) is 14.3 Å². The summed E-state index contributed by atoms with van der Waals surface area (Å²) < 4.78 is 10.5. The predicted molar refractivity (Wildman–Crippen MR) is 65.3 cm³/mol. The lowest BCUT2D eigenvalue weighted by Crippen LogP contribution is -2.31. The van der Waals surface area contributed by atoms with Crippen molar-refractivity contribution in [2.45, 2.75) is 47.5 Å². The average Bonchev–Trinajstić information content (AvgIpc) is 2.19. The Kier molecular flexibility index (Phi) is 7.39. The lowest BCUT2D eigenvalue weighted by molar-refractivity contribution is -0.153. The fraction of sp³-hybridized carbons (Fsp3) is 0.923. The maximum Gasteiger partial charge on any atom is 0.309 e. The van der Waals surface area contributed by atoms with Crippen LogP contribution in [0.3, 0.4) is 0 Å². The summed E-state index contributed by atoms with van der Waals surface area (Å²) in [6, 6.07) is 0. The van der Waals surface area contributed by atoms with Crippen LogP contribution >= 0.6 is 0 Å². The summed E-state index contributed by atoms with van der Waals surface area (Å²) in [5.74, 6) is -0.167. The molecule has 0 amide bonds. The first-order chi connectivity index (χ1) is 7.43. The molecule has 0 saturated heterocycles. The van der Waals surface area contributed by atoms with Crippen molar-refractivity contribution in [2.24, 2.45) is 11.3 Å². The number of carbonyl (C=O) groups is 1. The normalized spacial score (nSPS) is 13.6. The van der Waals surface area contributed by atoms with Crippen LogP contribution in [0.5, 0.6) is 0 Å². The van der Waals surface area contributed by atoms with E-state index < -0.39 is 0 Å². The molecule has 0 spiro atoms. The van der Waals surface area contributed by atoms with Gasteiger partial charge in [-0.05, 0) is 25.2 Å². The molecule has 16 heavy (non-hydrogen) atoms. The van der Waals surface area contributed by atoms with E-state index in [0.29, 0.717) is 19.8 Å². The van der Waals surface area contributed by atoms with Crippen molar-refractivity contribution in [3.05, 3.63) is 0 Å². The average molecular weight is 230 g/mol. The fourth-order valence-electron chi connectivity index (χ4n) is 1.55. The highest BCUT2D eigenvalue weighted by Crippen LogP contribution is 2.29. The minimum atomic E-state index is -0.0888. The minimum absolute atomic E-state index is 0.0675. The lowest BCUT2D eigenvalue weighted by atomic mass is 9.79. The number of esters is 1. The Hall–Kier alpha value is -0.570. The van der Waals surface area contributed by atoms with E-state index in [2.05, 4.69) is 20.8 Å². The summed E-state index contributed by atoms with van der Waals surface area (Å²) in [7, 11) is 0. The standard InChI is InChI=1S/C13H26O3/c1-6-9-16-12(14)11(13(3,4)5)8-10-15-7-2/h11H,6-10H2,1-5H3. The number of hydrogen-bond acceptors (Lipinski definition) is 3. The molecule has 1 atom stereocenters. The molecule has 0 N–H and O–H groups in total. The van der Waals surface area contributed by atoms with Gasteiger partial charge in [0, 0.05) is 13.2 Å². The van der Waals surface area contributed by atoms with E-state index in [1.807, 2.05) is 13.8 Å². The van der Waals surface area contributed by atoms with E-state index in [1.54, 1.807) is 0 Å². The van der Waals surface area contributed by atoms with E-state index in [1.165, 1.54) is 0 Å². The lowest BCUT2D eigenvalue weighted by Gasteiger charge is -2.28. The van der Waals surface area contributed by atoms with Crippen LogP contribution in [0.1, 0.15) is 47.5 Å². The third kappa shape index (κ3) is 6.11. The first-order valence-electron chi connectivity index (χ1n) is 6.17. The van der Waals surface area contributed by atoms with Gasteiger partial charge < -0.3 is 9.47 Å². The zero-order valence-corrected chi connectivity index (χ0v) is 11.3. The van der Waals surface area contributed by atoms with Crippen LogP contribution in [0.2, 0.25) is 0 Å². The predicted octanol–water partition coefficient (Wildman–Crippen LogP) is 3.03. The first kappa shape index (κ1) is 15.4. The van der Waals surface area contributed by atoms with Gasteiger partial charge in [0.2, 0.25) is 0 Å². The van der Waals surface area contributed by atoms with Crippen LogP contribution < -0.4 is 0 Å². The van der Waals surface area contributed by atoms with Gasteiger partial charge in [0.1, 0.15) is 0 Å². The fourth-order valence-corrected chi connectivity index (χ4v) is 1.55. The molecule has 0 saturated carbocycles. The SMILES string of the molecule is CCCOC(=O)C(CCOCC)C(C)(C)C. The molecule has 3 nitrogen and oxygen atoms in total. The minimum Gasteiger partial charge on any atom is -0.465 e. The zero-order chi connectivity index (χ0) is 12.6. The molecule has 0 radical (unpaired) electrons. The number of carbonyl (C=O) groups excluding carboxylic acids is 1. The highest BCUT2D eigenvalue weighted by Gasteiger charge is 2.32. The van der Waals surface area contributed by atoms with Gasteiger partial charge in [-0.3, -0.25) is 4.79 Å². The molecule has 0 aromatic carbocycles. The van der Waals surface area contributed by atoms with Crippen molar-refractivity contribution < 1.29 is 14.3 Å². The molecule has 0 heterocycles. The summed E-state index contributed by atoms with van der Waals surface area (Å²) in [5, 5.41) is 0. The van der Waals surface area contributed by atoms with Crippen molar-refractivity contribution in [1.82, 2.24) is 0 Å². The molecular formula is C13H26O3. The van der Waals surface area contributed by atoms with E-state index in [-0.39, 0.29) is 17.3 Å². The maximum atomic E-state index is 11.9. The molecule has 0 bridgehead atoms. The Bertz CT molecular complexity index is 194. The Morgan fingerprint density at radius 2 is 1.81 bits per heavy atom. The second kappa shape index (κ2) is 7.66. The number of rotatable bonds is 7. The van der Waals surface area contributed by atoms with Crippen molar-refractivity contribution in [3.63, 3.8) is 0 Å². The summed E-state index contributed by atoms with van der Waals surface area (Å²) in [6.45, 7) is 12.0. The Morgan fingerprint density at radius 3 is 2.25 bits per heavy atom. The second-order valence-corrected chi connectivity index (χ2v) is 5.07. The van der Waals surface area contributed by atoms with Crippen molar-refractivity contribution >= 4 is 5.97 Å². The number of hydrogen-bond donors (Lipinski definition) is 0. The van der Waals surface area contributed by atoms with Gasteiger partial charge in [-0.25, -0.2) is 0 Å². The first-order valence-corrected chi connectivity index (χ1v) is 6.17. The smallest absolute Gasteiger partial charge is 0.309 e. The van der Waals surface area contributed by atoms with Crippen molar-refractivity contribution in [2.75, 3.05) is 19.8 Å². The topological polar surface area (TPSA) is 35.5 Å². The highest BCUT2D eigenvalue weighted by molar-refractivity contribution is 5.73. The molecule has 1 unspecified atom stereocenters.